The normalized spacial score (nSPS) is 11.7. The summed E-state index contributed by atoms with van der Waals surface area (Å²) in [6.45, 7) is 6.89. The number of aryl methyl sites for hydroxylation is 2. The zero-order chi connectivity index (χ0) is 29.3. The number of pyridine rings is 1. The number of nitrogens with one attached hydrogen (secondary N) is 2. The van der Waals surface area contributed by atoms with Gasteiger partial charge in [-0.3, -0.25) is 9.59 Å². The molecule has 2 amide bonds. The molecule has 5 N–H and O–H groups in total. The topological polar surface area (TPSA) is 144 Å². The van der Waals surface area contributed by atoms with Crippen molar-refractivity contribution in [1.82, 2.24) is 10.3 Å². The largest absolute Gasteiger partial charge is 0.488 e. The van der Waals surface area contributed by atoms with Crippen molar-refractivity contribution in [2.75, 3.05) is 11.9 Å². The lowest BCUT2D eigenvalue weighted by Crippen LogP contribution is -2.25. The number of hydrogen-bond acceptors (Lipinski definition) is 7. The molecule has 2 aromatic carbocycles. The molecule has 210 valence electrons. The number of aromatic nitrogens is 1. The van der Waals surface area contributed by atoms with Crippen LogP contribution in [0.5, 0.6) is 5.75 Å². The molecule has 1 aliphatic rings. The number of aromatic carboxylic acids is 1. The lowest BCUT2D eigenvalue weighted by molar-refractivity contribution is 0.0691. The zero-order valence-electron chi connectivity index (χ0n) is 23.0. The molecule has 41 heavy (non-hydrogen) atoms. The van der Waals surface area contributed by atoms with Crippen LogP contribution in [0.15, 0.2) is 47.2 Å². The minimum atomic E-state index is -1.32. The van der Waals surface area contributed by atoms with Crippen LogP contribution in [0.1, 0.15) is 66.9 Å². The predicted molar refractivity (Wildman–Crippen MR) is 159 cm³/mol. The Morgan fingerprint density at radius 1 is 1.00 bits per heavy atom. The highest BCUT2D eigenvalue weighted by Gasteiger charge is 2.27. The van der Waals surface area contributed by atoms with Crippen LogP contribution >= 0.6 is 11.3 Å². The van der Waals surface area contributed by atoms with E-state index in [1.165, 1.54) is 12.1 Å². The van der Waals surface area contributed by atoms with Gasteiger partial charge in [-0.05, 0) is 72.0 Å². The SMILES string of the molecule is CCCNC(=O)c1ccc(-c2cc3c(cc2C(=O)Nc2c(C)cc(CN)cc2C)-c2cscc2CO3)c(C(=O)O)n1. The van der Waals surface area contributed by atoms with Gasteiger partial charge in [-0.2, -0.15) is 11.3 Å². The lowest BCUT2D eigenvalue weighted by Gasteiger charge is -2.22. The summed E-state index contributed by atoms with van der Waals surface area (Å²) in [5.74, 6) is -1.68. The van der Waals surface area contributed by atoms with Crippen molar-refractivity contribution in [3.05, 3.63) is 86.4 Å². The molecule has 0 unspecified atom stereocenters. The Balaban J connectivity index is 1.66. The third-order valence-corrected chi connectivity index (χ3v) is 7.80. The predicted octanol–water partition coefficient (Wildman–Crippen LogP) is 5.54. The van der Waals surface area contributed by atoms with Crippen molar-refractivity contribution in [2.24, 2.45) is 5.73 Å². The van der Waals surface area contributed by atoms with Gasteiger partial charge in [0.15, 0.2) is 5.69 Å². The Morgan fingerprint density at radius 3 is 2.44 bits per heavy atom. The van der Waals surface area contributed by atoms with Gasteiger partial charge in [-0.25, -0.2) is 9.78 Å². The van der Waals surface area contributed by atoms with Crippen LogP contribution in [-0.4, -0.2) is 34.4 Å². The Morgan fingerprint density at radius 2 is 1.76 bits per heavy atom. The lowest BCUT2D eigenvalue weighted by atomic mass is 9.91. The standard InChI is InChI=1S/C31H30N4O5S/c1-4-7-33-30(37)25-6-5-20(28(34-25)31(38)39)21-11-26-22(24-15-41-14-19(24)13-40-26)10-23(21)29(36)35-27-16(2)8-18(12-32)9-17(27)3/h5-6,8-11,14-15H,4,7,12-13,32H2,1-3H3,(H,33,37)(H,35,36)(H,38,39). The van der Waals surface area contributed by atoms with Crippen LogP contribution in [0.4, 0.5) is 5.69 Å². The van der Waals surface area contributed by atoms with Crippen molar-refractivity contribution < 1.29 is 24.2 Å². The van der Waals surface area contributed by atoms with Crippen molar-refractivity contribution >= 4 is 34.8 Å². The average Bonchev–Trinajstić information content (AvgIpc) is 3.46. The number of carbonyl (C=O) groups is 3. The Hall–Kier alpha value is -4.54. The number of hydrogen-bond donors (Lipinski definition) is 4. The summed E-state index contributed by atoms with van der Waals surface area (Å²) in [5, 5.41) is 19.9. The second kappa shape index (κ2) is 11.5. The van der Waals surface area contributed by atoms with E-state index in [-0.39, 0.29) is 22.5 Å². The van der Waals surface area contributed by atoms with E-state index in [4.69, 9.17) is 10.5 Å². The number of fused-ring (bicyclic) bond motifs is 3. The number of nitrogens with zero attached hydrogens (tertiary/aromatic N) is 1. The van der Waals surface area contributed by atoms with Crippen molar-refractivity contribution in [3.63, 3.8) is 0 Å². The van der Waals surface area contributed by atoms with Crippen LogP contribution in [0.2, 0.25) is 0 Å². The van der Waals surface area contributed by atoms with Gasteiger partial charge in [0.25, 0.3) is 11.8 Å². The van der Waals surface area contributed by atoms with E-state index in [0.29, 0.717) is 36.7 Å². The molecule has 0 bridgehead atoms. The van der Waals surface area contributed by atoms with Gasteiger partial charge in [0.1, 0.15) is 18.1 Å². The van der Waals surface area contributed by atoms with Gasteiger partial charge in [-0.1, -0.05) is 19.1 Å². The monoisotopic (exact) mass is 570 g/mol. The molecule has 10 heteroatoms. The maximum atomic E-state index is 14.0. The van der Waals surface area contributed by atoms with Gasteiger partial charge >= 0.3 is 5.97 Å². The molecule has 0 aliphatic carbocycles. The number of thiophene rings is 1. The first-order valence-corrected chi connectivity index (χ1v) is 14.2. The number of benzene rings is 2. The molecule has 0 saturated heterocycles. The smallest absolute Gasteiger partial charge is 0.355 e. The third kappa shape index (κ3) is 5.44. The average molecular weight is 571 g/mol. The molecule has 3 heterocycles. The summed E-state index contributed by atoms with van der Waals surface area (Å²) in [6, 6.07) is 10.2. The molecule has 5 rings (SSSR count). The summed E-state index contributed by atoms with van der Waals surface area (Å²) >= 11 is 1.54. The summed E-state index contributed by atoms with van der Waals surface area (Å²) in [6.07, 6.45) is 0.725. The summed E-state index contributed by atoms with van der Waals surface area (Å²) < 4.78 is 6.02. The number of carboxylic acid groups (broad SMARTS) is 1. The Labute approximate surface area is 241 Å². The van der Waals surface area contributed by atoms with Gasteiger partial charge < -0.3 is 26.2 Å². The molecular weight excluding hydrogens is 540 g/mol. The van der Waals surface area contributed by atoms with Crippen molar-refractivity contribution in [2.45, 2.75) is 40.3 Å². The first-order chi connectivity index (χ1) is 19.7. The van der Waals surface area contributed by atoms with Gasteiger partial charge in [-0.15, -0.1) is 0 Å². The quantitative estimate of drug-likeness (QED) is 0.218. The number of ether oxygens (including phenoxy) is 1. The number of nitrogens with two attached hydrogens (primary N) is 1. The Bertz CT molecular complexity index is 1670. The molecule has 9 nitrogen and oxygen atoms in total. The fourth-order valence-corrected chi connectivity index (χ4v) is 5.83. The van der Waals surface area contributed by atoms with Crippen molar-refractivity contribution in [3.8, 4) is 28.0 Å². The van der Waals surface area contributed by atoms with Crippen LogP contribution in [0.25, 0.3) is 22.3 Å². The Kier molecular flexibility index (Phi) is 7.87. The summed E-state index contributed by atoms with van der Waals surface area (Å²) in [7, 11) is 0. The minimum absolute atomic E-state index is 0.0195. The molecule has 0 fully saturated rings. The molecule has 0 atom stereocenters. The van der Waals surface area contributed by atoms with E-state index in [2.05, 4.69) is 15.6 Å². The number of anilines is 1. The van der Waals surface area contributed by atoms with Crippen LogP contribution in [0, 0.1) is 13.8 Å². The highest BCUT2D eigenvalue weighted by Crippen LogP contribution is 2.44. The number of rotatable bonds is 8. The number of amides is 2. The molecule has 1 aliphatic heterocycles. The summed E-state index contributed by atoms with van der Waals surface area (Å²) in [5.41, 5.74) is 12.3. The van der Waals surface area contributed by atoms with Gasteiger partial charge in [0.2, 0.25) is 0 Å². The van der Waals surface area contributed by atoms with Crippen LogP contribution in [0.3, 0.4) is 0 Å². The molecule has 4 aromatic rings. The van der Waals surface area contributed by atoms with E-state index >= 15 is 0 Å². The highest BCUT2D eigenvalue weighted by atomic mass is 32.1. The molecular formula is C31H30N4O5S. The van der Waals surface area contributed by atoms with E-state index in [1.807, 2.05) is 43.7 Å². The first-order valence-electron chi connectivity index (χ1n) is 13.2. The first kappa shape index (κ1) is 28.0. The molecule has 2 aromatic heterocycles. The van der Waals surface area contributed by atoms with E-state index in [0.717, 1.165) is 39.8 Å². The molecule has 0 spiro atoms. The number of carbonyl (C=O) groups excluding carboxylic acids is 2. The maximum Gasteiger partial charge on any atom is 0.355 e. The van der Waals surface area contributed by atoms with E-state index < -0.39 is 17.8 Å². The second-order valence-corrected chi connectivity index (χ2v) is 10.7. The molecule has 0 radical (unpaired) electrons. The van der Waals surface area contributed by atoms with Crippen LogP contribution in [-0.2, 0) is 13.2 Å². The zero-order valence-corrected chi connectivity index (χ0v) is 23.8. The summed E-state index contributed by atoms with van der Waals surface area (Å²) in [4.78, 5) is 43.1. The second-order valence-electron chi connectivity index (χ2n) is 9.91. The van der Waals surface area contributed by atoms with E-state index in [9.17, 15) is 19.5 Å². The molecule has 0 saturated carbocycles. The maximum absolute atomic E-state index is 14.0. The van der Waals surface area contributed by atoms with Crippen molar-refractivity contribution in [1.29, 1.82) is 0 Å². The van der Waals surface area contributed by atoms with Crippen LogP contribution < -0.4 is 21.1 Å². The van der Waals surface area contributed by atoms with E-state index in [1.54, 1.807) is 23.5 Å². The highest BCUT2D eigenvalue weighted by molar-refractivity contribution is 7.08. The minimum Gasteiger partial charge on any atom is -0.488 e. The van der Waals surface area contributed by atoms with Gasteiger partial charge in [0.05, 0.1) is 0 Å². The van der Waals surface area contributed by atoms with Gasteiger partial charge in [0, 0.05) is 52.2 Å². The number of carboxylic acids is 1. The third-order valence-electron chi connectivity index (χ3n) is 7.00. The fourth-order valence-electron chi connectivity index (χ4n) is 4.99. The fraction of sp³-hybridized carbons (Fsp3) is 0.226.